The Bertz CT molecular complexity index is 809. The molecule has 1 saturated heterocycles. The number of ketones is 1. The Hall–Kier alpha value is -3.19. The molecule has 2 amide bonds. The van der Waals surface area contributed by atoms with Gasteiger partial charge in [0.25, 0.3) is 0 Å². The lowest BCUT2D eigenvalue weighted by molar-refractivity contribution is -0.124. The maximum atomic E-state index is 11.3. The van der Waals surface area contributed by atoms with Crippen molar-refractivity contribution in [3.63, 3.8) is 0 Å². The molecule has 1 aliphatic heterocycles. The minimum atomic E-state index is -0.387. The summed E-state index contributed by atoms with van der Waals surface area (Å²) < 4.78 is 5.24. The van der Waals surface area contributed by atoms with E-state index in [1.165, 1.54) is 22.3 Å². The van der Waals surface area contributed by atoms with Crippen LogP contribution in [0.4, 0.5) is 4.79 Å². The van der Waals surface area contributed by atoms with Gasteiger partial charge in [0.15, 0.2) is 5.78 Å². The van der Waals surface area contributed by atoms with Crippen LogP contribution >= 0.6 is 0 Å². The van der Waals surface area contributed by atoms with Crippen molar-refractivity contribution in [3.05, 3.63) is 59.7 Å². The van der Waals surface area contributed by atoms with E-state index in [1.807, 2.05) is 58.9 Å². The fourth-order valence-electron chi connectivity index (χ4n) is 3.06. The van der Waals surface area contributed by atoms with Crippen molar-refractivity contribution in [3.8, 4) is 11.1 Å². The van der Waals surface area contributed by atoms with Crippen molar-refractivity contribution in [2.75, 3.05) is 27.2 Å². The van der Waals surface area contributed by atoms with Crippen LogP contribution in [0.3, 0.4) is 0 Å². The van der Waals surface area contributed by atoms with Crippen LogP contribution in [0.1, 0.15) is 51.7 Å². The molecule has 0 radical (unpaired) electrons. The Balaban J connectivity index is 0.000000605. The number of carbonyl (C=O) groups is 3. The molecule has 2 aliphatic rings. The third-order valence-electron chi connectivity index (χ3n) is 4.73. The van der Waals surface area contributed by atoms with E-state index in [0.29, 0.717) is 25.3 Å². The first-order chi connectivity index (χ1) is 16.0. The standard InChI is InChI=1S/C16H15NO2.C4H7NO.C2H5NO.2C2H6/c1-17-16(18)19-10-15-13-8-4-2-6-11(13)12-7-3-5-9-14(12)15;1-3-4(6)2-5-3;1-3-2-4;2*1-2/h2-9,15H,10H2,1H3,(H,17,18);3,5H,2H2,1H3;2H,1H3,(H,3,4);2*1-2H3. The number of ether oxygens (including phenoxy) is 1. The van der Waals surface area contributed by atoms with Crippen LogP contribution in [0.5, 0.6) is 0 Å². The highest BCUT2D eigenvalue weighted by molar-refractivity contribution is 5.90. The van der Waals surface area contributed by atoms with Crippen molar-refractivity contribution in [2.45, 2.75) is 46.6 Å². The lowest BCUT2D eigenvalue weighted by atomic mass is 9.98. The molecule has 2 aromatic carbocycles. The topological polar surface area (TPSA) is 96.5 Å². The van der Waals surface area contributed by atoms with Crippen molar-refractivity contribution in [1.82, 2.24) is 16.0 Å². The number of hydrogen-bond acceptors (Lipinski definition) is 5. The summed E-state index contributed by atoms with van der Waals surface area (Å²) in [6, 6.07) is 16.7. The molecule has 0 aromatic heterocycles. The number of carbonyl (C=O) groups excluding carboxylic acids is 3. The second kappa shape index (κ2) is 17.4. The molecular formula is C26H39N3O4. The van der Waals surface area contributed by atoms with Crippen LogP contribution in [-0.4, -0.2) is 51.6 Å². The predicted octanol–water partition coefficient (Wildman–Crippen LogP) is 4.12. The number of fused-ring (bicyclic) bond motifs is 3. The molecule has 1 fully saturated rings. The van der Waals surface area contributed by atoms with E-state index in [1.54, 1.807) is 14.1 Å². The molecule has 1 heterocycles. The first-order valence-corrected chi connectivity index (χ1v) is 11.4. The fraction of sp³-hybridized carbons (Fsp3) is 0.423. The number of rotatable bonds is 3. The molecule has 182 valence electrons. The molecular weight excluding hydrogens is 418 g/mol. The van der Waals surface area contributed by atoms with E-state index in [-0.39, 0.29) is 18.1 Å². The van der Waals surface area contributed by atoms with Gasteiger partial charge in [-0.15, -0.1) is 0 Å². The van der Waals surface area contributed by atoms with Crippen molar-refractivity contribution >= 4 is 18.3 Å². The Kier molecular flexibility index (Phi) is 15.7. The fourth-order valence-corrected chi connectivity index (χ4v) is 3.06. The van der Waals surface area contributed by atoms with E-state index in [0.717, 1.165) is 0 Å². The Morgan fingerprint density at radius 2 is 1.42 bits per heavy atom. The van der Waals surface area contributed by atoms with Gasteiger partial charge in [-0.3, -0.25) is 9.59 Å². The van der Waals surface area contributed by atoms with Gasteiger partial charge < -0.3 is 20.7 Å². The number of hydrogen-bond donors (Lipinski definition) is 3. The molecule has 0 saturated carbocycles. The zero-order valence-electron chi connectivity index (χ0n) is 20.9. The number of Topliss-reactive ketones (excluding diaryl/α,β-unsaturated/α-hetero) is 1. The third kappa shape index (κ3) is 9.06. The molecule has 7 nitrogen and oxygen atoms in total. The third-order valence-corrected chi connectivity index (χ3v) is 4.73. The van der Waals surface area contributed by atoms with Crippen molar-refractivity contribution in [1.29, 1.82) is 0 Å². The average molecular weight is 458 g/mol. The lowest BCUT2D eigenvalue weighted by Gasteiger charge is -2.20. The van der Waals surface area contributed by atoms with Crippen LogP contribution in [-0.2, 0) is 14.3 Å². The molecule has 1 unspecified atom stereocenters. The summed E-state index contributed by atoms with van der Waals surface area (Å²) in [5.74, 6) is 0.458. The van der Waals surface area contributed by atoms with Crippen LogP contribution in [0.15, 0.2) is 48.5 Å². The number of alkyl carbamates (subject to hydrolysis) is 1. The molecule has 1 atom stereocenters. The first-order valence-electron chi connectivity index (χ1n) is 11.4. The highest BCUT2D eigenvalue weighted by atomic mass is 16.5. The molecule has 33 heavy (non-hydrogen) atoms. The highest BCUT2D eigenvalue weighted by Gasteiger charge is 2.28. The van der Waals surface area contributed by atoms with E-state index in [2.05, 4.69) is 40.2 Å². The Morgan fingerprint density at radius 3 is 1.73 bits per heavy atom. The predicted molar refractivity (Wildman–Crippen MR) is 134 cm³/mol. The van der Waals surface area contributed by atoms with Crippen molar-refractivity contribution < 1.29 is 19.1 Å². The zero-order chi connectivity index (χ0) is 25.2. The highest BCUT2D eigenvalue weighted by Crippen LogP contribution is 2.44. The number of amides is 2. The summed E-state index contributed by atoms with van der Waals surface area (Å²) in [7, 11) is 3.13. The number of nitrogens with one attached hydrogen (secondary N) is 3. The summed E-state index contributed by atoms with van der Waals surface area (Å²) in [6.07, 6.45) is 0.238. The van der Waals surface area contributed by atoms with Gasteiger partial charge in [-0.1, -0.05) is 76.2 Å². The van der Waals surface area contributed by atoms with E-state index < -0.39 is 0 Å². The van der Waals surface area contributed by atoms with Gasteiger partial charge >= 0.3 is 6.09 Å². The van der Waals surface area contributed by atoms with Gasteiger partial charge in [-0.05, 0) is 29.2 Å². The summed E-state index contributed by atoms with van der Waals surface area (Å²) in [4.78, 5) is 30.5. The molecule has 0 spiro atoms. The molecule has 1 aliphatic carbocycles. The van der Waals surface area contributed by atoms with Gasteiger partial charge in [-0.25, -0.2) is 4.79 Å². The Morgan fingerprint density at radius 1 is 1.00 bits per heavy atom. The maximum Gasteiger partial charge on any atom is 0.406 e. The molecule has 4 rings (SSSR count). The monoisotopic (exact) mass is 457 g/mol. The smallest absolute Gasteiger partial charge is 0.406 e. The molecule has 7 heteroatoms. The summed E-state index contributed by atoms with van der Waals surface area (Å²) in [5, 5.41) is 7.63. The minimum Gasteiger partial charge on any atom is -0.449 e. The largest absolute Gasteiger partial charge is 0.449 e. The SMILES string of the molecule is CC.CC.CC1NCC1=O.CNC(=O)OCC1c2ccccc2-c2ccccc21.CNC=O. The van der Waals surface area contributed by atoms with Gasteiger partial charge in [0, 0.05) is 20.0 Å². The Labute approximate surface area is 198 Å². The first kappa shape index (κ1) is 29.8. The minimum absolute atomic E-state index is 0.129. The normalized spacial score (nSPS) is 14.3. The summed E-state index contributed by atoms with van der Waals surface area (Å²) in [5.41, 5.74) is 4.94. The second-order valence-electron chi connectivity index (χ2n) is 6.55. The van der Waals surface area contributed by atoms with E-state index in [4.69, 9.17) is 9.53 Å². The van der Waals surface area contributed by atoms with Crippen molar-refractivity contribution in [2.24, 2.45) is 0 Å². The van der Waals surface area contributed by atoms with E-state index in [9.17, 15) is 9.59 Å². The van der Waals surface area contributed by atoms with Gasteiger partial charge in [0.1, 0.15) is 6.61 Å². The van der Waals surface area contributed by atoms with Gasteiger partial charge in [0.2, 0.25) is 6.41 Å². The molecule has 3 N–H and O–H groups in total. The average Bonchev–Trinajstić information content (AvgIpc) is 3.22. The lowest BCUT2D eigenvalue weighted by Crippen LogP contribution is -2.51. The zero-order valence-corrected chi connectivity index (χ0v) is 20.9. The summed E-state index contributed by atoms with van der Waals surface area (Å²) >= 11 is 0. The van der Waals surface area contributed by atoms with Gasteiger partial charge in [0.05, 0.1) is 12.6 Å². The van der Waals surface area contributed by atoms with E-state index >= 15 is 0 Å². The van der Waals surface area contributed by atoms with Crippen LogP contribution in [0.25, 0.3) is 11.1 Å². The quantitative estimate of drug-likeness (QED) is 0.603. The van der Waals surface area contributed by atoms with Crippen LogP contribution < -0.4 is 16.0 Å². The van der Waals surface area contributed by atoms with Gasteiger partial charge in [-0.2, -0.15) is 0 Å². The van der Waals surface area contributed by atoms with Crippen LogP contribution in [0, 0.1) is 0 Å². The maximum absolute atomic E-state index is 11.3. The second-order valence-corrected chi connectivity index (χ2v) is 6.55. The molecule has 2 aromatic rings. The van der Waals surface area contributed by atoms with Crippen LogP contribution in [0.2, 0.25) is 0 Å². The molecule has 0 bridgehead atoms. The summed E-state index contributed by atoms with van der Waals surface area (Å²) in [6.45, 7) is 10.8. The number of benzene rings is 2.